The number of hydrogen-bond acceptors (Lipinski definition) is 5. The lowest BCUT2D eigenvalue weighted by Crippen LogP contribution is -2.39. The van der Waals surface area contributed by atoms with Gasteiger partial charge < -0.3 is 10.2 Å². The van der Waals surface area contributed by atoms with Gasteiger partial charge in [-0.1, -0.05) is 37.7 Å². The number of aromatic nitrogens is 3. The third-order valence-corrected chi connectivity index (χ3v) is 4.76. The maximum absolute atomic E-state index is 5.19. The Morgan fingerprint density at radius 1 is 1.33 bits per heavy atom. The molecule has 0 saturated heterocycles. The molecule has 2 heterocycles. The van der Waals surface area contributed by atoms with Gasteiger partial charge in [-0.15, -0.1) is 10.2 Å². The van der Waals surface area contributed by atoms with Crippen LogP contribution >= 0.6 is 11.8 Å². The van der Waals surface area contributed by atoms with Crippen LogP contribution < -0.4 is 10.2 Å². The highest BCUT2D eigenvalue weighted by Crippen LogP contribution is 2.26. The second-order valence-corrected chi connectivity index (χ2v) is 6.54. The molecule has 1 atom stereocenters. The normalized spacial score (nSPS) is 17.4. The van der Waals surface area contributed by atoms with E-state index in [-0.39, 0.29) is 0 Å². The lowest BCUT2D eigenvalue weighted by Gasteiger charge is -2.28. The van der Waals surface area contributed by atoms with Crippen molar-refractivity contribution in [2.45, 2.75) is 31.5 Å². The smallest absolute Gasteiger partial charge is 0.210 e. The van der Waals surface area contributed by atoms with Gasteiger partial charge in [0.15, 0.2) is 5.82 Å². The molecule has 1 N–H and O–H groups in total. The molecule has 2 aromatic rings. The summed E-state index contributed by atoms with van der Waals surface area (Å²) in [6.07, 6.45) is 0.759. The summed E-state index contributed by atoms with van der Waals surface area (Å²) in [4.78, 5) is 0. The minimum absolute atomic E-state index is 0.452. The number of nitrogens with one attached hydrogen (secondary N) is 1. The van der Waals surface area contributed by atoms with E-state index in [1.807, 2.05) is 16.8 Å². The van der Waals surface area contributed by atoms with Gasteiger partial charge in [-0.3, -0.25) is 0 Å². The molecule has 5 nitrogen and oxygen atoms in total. The van der Waals surface area contributed by atoms with E-state index in [1.165, 1.54) is 5.56 Å². The minimum atomic E-state index is 0.452. The van der Waals surface area contributed by atoms with Crippen molar-refractivity contribution in [3.8, 4) is 5.75 Å². The predicted octanol–water partition coefficient (Wildman–Crippen LogP) is 2.55. The highest BCUT2D eigenvalue weighted by Gasteiger charge is 2.24. The first-order valence-electron chi connectivity index (χ1n) is 7.14. The fourth-order valence-electron chi connectivity index (χ4n) is 2.27. The van der Waals surface area contributed by atoms with Crippen molar-refractivity contribution in [2.75, 3.05) is 18.3 Å². The molecule has 0 bridgehead atoms. The maximum atomic E-state index is 5.19. The van der Waals surface area contributed by atoms with Crippen LogP contribution in [0.4, 0.5) is 0 Å². The predicted molar refractivity (Wildman–Crippen MR) is 84.5 cm³/mol. The number of thioether (sulfide) groups is 1. The molecule has 0 aliphatic carbocycles. The zero-order valence-corrected chi connectivity index (χ0v) is 13.4. The first-order chi connectivity index (χ1) is 10.2. The quantitative estimate of drug-likeness (QED) is 0.941. The van der Waals surface area contributed by atoms with Crippen LogP contribution in [0, 0.1) is 5.92 Å². The summed E-state index contributed by atoms with van der Waals surface area (Å²) in [7, 11) is 1.68. The summed E-state index contributed by atoms with van der Waals surface area (Å²) in [6.45, 7) is 4.47. The van der Waals surface area contributed by atoms with Crippen LogP contribution in [0.5, 0.6) is 5.75 Å². The van der Waals surface area contributed by atoms with Crippen molar-refractivity contribution < 1.29 is 4.74 Å². The molecule has 0 fully saturated rings. The van der Waals surface area contributed by atoms with Crippen molar-refractivity contribution in [1.82, 2.24) is 14.9 Å². The first-order valence-corrected chi connectivity index (χ1v) is 8.12. The molecule has 1 unspecified atom stereocenters. The van der Waals surface area contributed by atoms with Gasteiger partial charge in [0.1, 0.15) is 5.75 Å². The Morgan fingerprint density at radius 2 is 2.10 bits per heavy atom. The van der Waals surface area contributed by atoms with Crippen LogP contribution in [-0.4, -0.2) is 33.8 Å². The molecule has 0 amide bonds. The third-order valence-electron chi connectivity index (χ3n) is 3.71. The second-order valence-electron chi connectivity index (χ2n) is 5.55. The highest BCUT2D eigenvalue weighted by molar-refractivity contribution is 7.99. The number of fused-ring (bicyclic) bond motifs is 1. The van der Waals surface area contributed by atoms with Gasteiger partial charge in [0.05, 0.1) is 13.2 Å². The molecular formula is C15H20N4OS. The molecule has 21 heavy (non-hydrogen) atoms. The number of nitrogens with zero attached hydrogens (tertiary/aromatic N) is 3. The van der Waals surface area contributed by atoms with Gasteiger partial charge in [-0.05, 0) is 23.6 Å². The lowest BCUT2D eigenvalue weighted by atomic mass is 10.1. The minimum Gasteiger partial charge on any atom is -0.497 e. The molecule has 1 aromatic carbocycles. The number of benzene rings is 1. The summed E-state index contributed by atoms with van der Waals surface area (Å²) in [5.74, 6) is 3.45. The molecule has 1 aliphatic heterocycles. The van der Waals surface area contributed by atoms with E-state index in [0.717, 1.165) is 28.9 Å². The molecule has 1 aromatic heterocycles. The van der Waals surface area contributed by atoms with Crippen LogP contribution in [0.2, 0.25) is 0 Å². The molecule has 6 heteroatoms. The van der Waals surface area contributed by atoms with E-state index >= 15 is 0 Å². The SMILES string of the molecule is COc1ccc(Cc2nnc3n2NC(C(C)C)CS3)cc1. The van der Waals surface area contributed by atoms with E-state index in [9.17, 15) is 0 Å². The van der Waals surface area contributed by atoms with E-state index in [4.69, 9.17) is 4.74 Å². The Morgan fingerprint density at radius 3 is 2.76 bits per heavy atom. The Kier molecular flexibility index (Phi) is 4.05. The van der Waals surface area contributed by atoms with Gasteiger partial charge in [0.2, 0.25) is 5.16 Å². The average molecular weight is 304 g/mol. The van der Waals surface area contributed by atoms with Crippen LogP contribution in [0.3, 0.4) is 0 Å². The van der Waals surface area contributed by atoms with Gasteiger partial charge in [-0.25, -0.2) is 4.68 Å². The molecule has 3 rings (SSSR count). The molecule has 112 valence electrons. The van der Waals surface area contributed by atoms with Gasteiger partial charge in [-0.2, -0.15) is 0 Å². The third kappa shape index (κ3) is 3.00. The van der Waals surface area contributed by atoms with E-state index < -0.39 is 0 Å². The molecule has 0 radical (unpaired) electrons. The molecule has 0 saturated carbocycles. The van der Waals surface area contributed by atoms with Crippen molar-refractivity contribution in [1.29, 1.82) is 0 Å². The zero-order chi connectivity index (χ0) is 14.8. The summed E-state index contributed by atoms with van der Waals surface area (Å²) < 4.78 is 7.23. The first kappa shape index (κ1) is 14.3. The Bertz CT molecular complexity index is 609. The van der Waals surface area contributed by atoms with Crippen LogP contribution in [0.1, 0.15) is 25.2 Å². The van der Waals surface area contributed by atoms with Crippen molar-refractivity contribution in [3.63, 3.8) is 0 Å². The van der Waals surface area contributed by atoms with E-state index in [1.54, 1.807) is 18.9 Å². The second kappa shape index (κ2) is 5.97. The standard InChI is InChI=1S/C15H20N4OS/c1-10(2)13-9-21-15-17-16-14(19(15)18-13)8-11-4-6-12(20-3)7-5-11/h4-7,10,13,18H,8-9H2,1-3H3. The largest absolute Gasteiger partial charge is 0.497 e. The number of rotatable bonds is 4. The van der Waals surface area contributed by atoms with Crippen molar-refractivity contribution >= 4 is 11.8 Å². The Hall–Kier alpha value is -1.69. The van der Waals surface area contributed by atoms with Crippen molar-refractivity contribution in [3.05, 3.63) is 35.7 Å². The maximum Gasteiger partial charge on any atom is 0.210 e. The van der Waals surface area contributed by atoms with Crippen LogP contribution in [0.15, 0.2) is 29.4 Å². The number of methoxy groups -OCH3 is 1. The van der Waals surface area contributed by atoms with Gasteiger partial charge >= 0.3 is 0 Å². The summed E-state index contributed by atoms with van der Waals surface area (Å²) in [5, 5.41) is 9.55. The summed E-state index contributed by atoms with van der Waals surface area (Å²) in [5.41, 5.74) is 4.73. The topological polar surface area (TPSA) is 52.0 Å². The fraction of sp³-hybridized carbons (Fsp3) is 0.467. The van der Waals surface area contributed by atoms with Crippen LogP contribution in [-0.2, 0) is 6.42 Å². The van der Waals surface area contributed by atoms with E-state index in [0.29, 0.717) is 12.0 Å². The average Bonchev–Trinajstić information content (AvgIpc) is 2.90. The van der Waals surface area contributed by atoms with Crippen molar-refractivity contribution in [2.24, 2.45) is 5.92 Å². The highest BCUT2D eigenvalue weighted by atomic mass is 32.2. The molecular weight excluding hydrogens is 284 g/mol. The zero-order valence-electron chi connectivity index (χ0n) is 12.5. The number of ether oxygens (including phenoxy) is 1. The lowest BCUT2D eigenvalue weighted by molar-refractivity contribution is 0.414. The molecule has 1 aliphatic rings. The summed E-state index contributed by atoms with van der Waals surface area (Å²) >= 11 is 1.77. The number of hydrogen-bond donors (Lipinski definition) is 1. The van der Waals surface area contributed by atoms with Gasteiger partial charge in [0.25, 0.3) is 0 Å². The summed E-state index contributed by atoms with van der Waals surface area (Å²) in [6, 6.07) is 8.53. The Balaban J connectivity index is 1.79. The van der Waals surface area contributed by atoms with E-state index in [2.05, 4.69) is 41.6 Å². The van der Waals surface area contributed by atoms with Gasteiger partial charge in [0, 0.05) is 12.2 Å². The monoisotopic (exact) mass is 304 g/mol. The Labute approximate surface area is 129 Å². The van der Waals surface area contributed by atoms with Crippen LogP contribution in [0.25, 0.3) is 0 Å². The fourth-order valence-corrected chi connectivity index (χ4v) is 3.45. The molecule has 0 spiro atoms.